The zero-order valence-electron chi connectivity index (χ0n) is 13.5. The Morgan fingerprint density at radius 2 is 1.04 bits per heavy atom. The fourth-order valence-corrected chi connectivity index (χ4v) is 3.70. The third-order valence-corrected chi connectivity index (χ3v) is 4.88. The van der Waals surface area contributed by atoms with Gasteiger partial charge in [-0.2, -0.15) is 0 Å². The molecule has 0 fully saturated rings. The van der Waals surface area contributed by atoms with Crippen molar-refractivity contribution < 1.29 is 0 Å². The molecule has 0 unspecified atom stereocenters. The van der Waals surface area contributed by atoms with Crippen LogP contribution < -0.4 is 0 Å². The molecule has 3 aromatic carbocycles. The lowest BCUT2D eigenvalue weighted by Crippen LogP contribution is -2.38. The van der Waals surface area contributed by atoms with Crippen LogP contribution in [0.2, 0.25) is 0 Å². The van der Waals surface area contributed by atoms with Gasteiger partial charge in [0.1, 0.15) is 11.9 Å². The van der Waals surface area contributed by atoms with E-state index < -0.39 is 5.54 Å². The van der Waals surface area contributed by atoms with Crippen LogP contribution in [0.1, 0.15) is 16.7 Å². The van der Waals surface area contributed by atoms with Gasteiger partial charge in [-0.3, -0.25) is 0 Å². The van der Waals surface area contributed by atoms with Crippen LogP contribution in [-0.4, -0.2) is 14.8 Å². The molecule has 0 saturated carbocycles. The molecule has 4 heteroatoms. The first-order chi connectivity index (χ1) is 12.3. The average Bonchev–Trinajstić information content (AvgIpc) is 3.12. The van der Waals surface area contributed by atoms with Crippen LogP contribution in [0.3, 0.4) is 0 Å². The second-order valence-electron chi connectivity index (χ2n) is 5.77. The fourth-order valence-electron chi connectivity index (χ4n) is 3.34. The standard InChI is InChI=1S/C21H16IN3/c22-20-23-16-25(24-20)21(17-10-4-1-5-11-17,18-12-6-2-7-13-18)19-14-8-3-9-15-19/h1-16H. The van der Waals surface area contributed by atoms with E-state index in [2.05, 4.69) is 100 Å². The van der Waals surface area contributed by atoms with Crippen molar-refractivity contribution in [3.8, 4) is 0 Å². The summed E-state index contributed by atoms with van der Waals surface area (Å²) in [6.45, 7) is 0. The van der Waals surface area contributed by atoms with Crippen molar-refractivity contribution in [2.24, 2.45) is 0 Å². The molecule has 0 saturated heterocycles. The van der Waals surface area contributed by atoms with Gasteiger partial charge in [-0.25, -0.2) is 9.67 Å². The maximum absolute atomic E-state index is 4.70. The number of aromatic nitrogens is 3. The molecule has 0 aliphatic rings. The van der Waals surface area contributed by atoms with Crippen LogP contribution in [0.5, 0.6) is 0 Å². The number of rotatable bonds is 4. The van der Waals surface area contributed by atoms with Gasteiger partial charge in [-0.05, 0) is 16.7 Å². The second kappa shape index (κ2) is 6.80. The van der Waals surface area contributed by atoms with Crippen LogP contribution in [0.25, 0.3) is 0 Å². The predicted molar refractivity (Wildman–Crippen MR) is 107 cm³/mol. The average molecular weight is 437 g/mol. The molecule has 0 aliphatic heterocycles. The zero-order chi connectivity index (χ0) is 17.1. The van der Waals surface area contributed by atoms with E-state index in [-0.39, 0.29) is 0 Å². The maximum atomic E-state index is 4.70. The zero-order valence-corrected chi connectivity index (χ0v) is 15.6. The lowest BCUT2D eigenvalue weighted by atomic mass is 9.77. The number of benzene rings is 3. The summed E-state index contributed by atoms with van der Waals surface area (Å²) in [5.41, 5.74) is 2.87. The summed E-state index contributed by atoms with van der Waals surface area (Å²) in [6.07, 6.45) is 1.81. The molecule has 0 aliphatic carbocycles. The van der Waals surface area contributed by atoms with Gasteiger partial charge in [-0.1, -0.05) is 91.0 Å². The van der Waals surface area contributed by atoms with Gasteiger partial charge in [0, 0.05) is 22.6 Å². The Morgan fingerprint density at radius 3 is 1.36 bits per heavy atom. The summed E-state index contributed by atoms with van der Waals surface area (Å²) >= 11 is 2.16. The quantitative estimate of drug-likeness (QED) is 0.342. The molecule has 3 nitrogen and oxygen atoms in total. The maximum Gasteiger partial charge on any atom is 0.211 e. The SMILES string of the molecule is Ic1ncn(C(c2ccccc2)(c2ccccc2)c2ccccc2)n1. The molecule has 0 atom stereocenters. The molecule has 0 N–H and O–H groups in total. The van der Waals surface area contributed by atoms with Gasteiger partial charge < -0.3 is 0 Å². The van der Waals surface area contributed by atoms with Crippen LogP contribution in [0, 0.1) is 3.83 Å². The predicted octanol–water partition coefficient (Wildman–Crippen LogP) is 4.72. The molecular formula is C21H16IN3. The van der Waals surface area contributed by atoms with Gasteiger partial charge in [0.15, 0.2) is 0 Å². The molecule has 0 bridgehead atoms. The summed E-state index contributed by atoms with van der Waals surface area (Å²) in [6, 6.07) is 31.4. The van der Waals surface area contributed by atoms with Crippen molar-refractivity contribution in [3.63, 3.8) is 0 Å². The Bertz CT molecular complexity index is 853. The first-order valence-corrected chi connectivity index (χ1v) is 9.14. The molecule has 122 valence electrons. The number of nitrogens with zero attached hydrogens (tertiary/aromatic N) is 3. The van der Waals surface area contributed by atoms with Gasteiger partial charge in [-0.15, -0.1) is 5.10 Å². The van der Waals surface area contributed by atoms with E-state index in [4.69, 9.17) is 5.10 Å². The van der Waals surface area contributed by atoms with Crippen molar-refractivity contribution in [3.05, 3.63) is 118 Å². The minimum Gasteiger partial charge on any atom is -0.232 e. The molecule has 25 heavy (non-hydrogen) atoms. The first-order valence-electron chi connectivity index (χ1n) is 8.06. The highest BCUT2D eigenvalue weighted by Crippen LogP contribution is 2.39. The molecular weight excluding hydrogens is 421 g/mol. The highest BCUT2D eigenvalue weighted by molar-refractivity contribution is 14.1. The number of hydrogen-bond acceptors (Lipinski definition) is 2. The highest BCUT2D eigenvalue weighted by Gasteiger charge is 2.39. The van der Waals surface area contributed by atoms with Gasteiger partial charge in [0.25, 0.3) is 0 Å². The van der Waals surface area contributed by atoms with Gasteiger partial charge >= 0.3 is 0 Å². The van der Waals surface area contributed by atoms with Crippen LogP contribution >= 0.6 is 22.6 Å². The van der Waals surface area contributed by atoms with E-state index in [0.29, 0.717) is 0 Å². The van der Waals surface area contributed by atoms with E-state index >= 15 is 0 Å². The van der Waals surface area contributed by atoms with Crippen molar-refractivity contribution >= 4 is 22.6 Å². The van der Waals surface area contributed by atoms with Crippen LogP contribution in [0.15, 0.2) is 97.3 Å². The lowest BCUT2D eigenvalue weighted by Gasteiger charge is -2.35. The summed E-state index contributed by atoms with van der Waals surface area (Å²) < 4.78 is 2.69. The van der Waals surface area contributed by atoms with Crippen molar-refractivity contribution in [2.75, 3.05) is 0 Å². The van der Waals surface area contributed by atoms with Crippen molar-refractivity contribution in [1.29, 1.82) is 0 Å². The topological polar surface area (TPSA) is 30.7 Å². The summed E-state index contributed by atoms with van der Waals surface area (Å²) in [4.78, 5) is 4.40. The first kappa shape index (κ1) is 16.0. The van der Waals surface area contributed by atoms with Gasteiger partial charge in [0.05, 0.1) is 0 Å². The fraction of sp³-hybridized carbons (Fsp3) is 0.0476. The van der Waals surface area contributed by atoms with Crippen molar-refractivity contribution in [2.45, 2.75) is 5.54 Å². The molecule has 4 rings (SSSR count). The monoisotopic (exact) mass is 437 g/mol. The largest absolute Gasteiger partial charge is 0.232 e. The Labute approximate surface area is 160 Å². The number of halogens is 1. The number of hydrogen-bond donors (Lipinski definition) is 0. The Hall–Kier alpha value is -2.47. The van der Waals surface area contributed by atoms with Crippen molar-refractivity contribution in [1.82, 2.24) is 14.8 Å². The Morgan fingerprint density at radius 1 is 0.640 bits per heavy atom. The molecule has 1 heterocycles. The Kier molecular flexibility index (Phi) is 4.36. The summed E-state index contributed by atoms with van der Waals surface area (Å²) in [5.74, 6) is 0. The third-order valence-electron chi connectivity index (χ3n) is 4.38. The Balaban J connectivity index is 2.12. The molecule has 0 spiro atoms. The molecule has 0 amide bonds. The van der Waals surface area contributed by atoms with Crippen LogP contribution in [0.4, 0.5) is 0 Å². The van der Waals surface area contributed by atoms with E-state index in [1.165, 1.54) is 0 Å². The second-order valence-corrected chi connectivity index (χ2v) is 6.73. The van der Waals surface area contributed by atoms with E-state index in [1.807, 2.05) is 29.2 Å². The lowest BCUT2D eigenvalue weighted by molar-refractivity contribution is 0.457. The van der Waals surface area contributed by atoms with Crippen LogP contribution in [-0.2, 0) is 5.54 Å². The van der Waals surface area contributed by atoms with E-state index in [9.17, 15) is 0 Å². The normalized spacial score (nSPS) is 11.4. The smallest absolute Gasteiger partial charge is 0.211 e. The minimum absolute atomic E-state index is 0.569. The molecule has 1 aromatic heterocycles. The third kappa shape index (κ3) is 2.76. The van der Waals surface area contributed by atoms with Gasteiger partial charge in [0.2, 0.25) is 3.83 Å². The molecule has 4 aromatic rings. The van der Waals surface area contributed by atoms with E-state index in [0.717, 1.165) is 20.5 Å². The highest BCUT2D eigenvalue weighted by atomic mass is 127. The summed E-state index contributed by atoms with van der Waals surface area (Å²) in [7, 11) is 0. The van der Waals surface area contributed by atoms with E-state index in [1.54, 1.807) is 0 Å². The summed E-state index contributed by atoms with van der Waals surface area (Å²) in [5, 5.41) is 4.70. The molecule has 0 radical (unpaired) electrons. The minimum atomic E-state index is -0.569.